The lowest BCUT2D eigenvalue weighted by Gasteiger charge is -2.16. The number of alkyl halides is 1. The molecule has 0 fully saturated rings. The number of nitriles is 1. The van der Waals surface area contributed by atoms with Gasteiger partial charge in [-0.05, 0) is 18.9 Å². The fourth-order valence-corrected chi connectivity index (χ4v) is 2.61. The van der Waals surface area contributed by atoms with E-state index in [-0.39, 0.29) is 23.4 Å². The number of carbonyl (C=O) groups excluding carboxylic acids is 2. The molecule has 26 heavy (non-hydrogen) atoms. The molecule has 3 N–H and O–H groups in total. The summed E-state index contributed by atoms with van der Waals surface area (Å²) in [6, 6.07) is 1.75. The average Bonchev–Trinajstić information content (AvgIpc) is 2.79. The Balaban J connectivity index is 2.29. The number of Topliss-reactive ketones (excluding diaryl/α,β-unsaturated/α-hetero) is 1. The van der Waals surface area contributed by atoms with E-state index in [0.717, 1.165) is 6.20 Å². The molecule has 0 saturated heterocycles. The molecule has 0 spiro atoms. The highest BCUT2D eigenvalue weighted by Gasteiger charge is 2.28. The van der Waals surface area contributed by atoms with Crippen LogP contribution in [0.2, 0.25) is 0 Å². The summed E-state index contributed by atoms with van der Waals surface area (Å²) in [5, 5.41) is 24.0. The lowest BCUT2D eigenvalue weighted by atomic mass is 10.1. The summed E-state index contributed by atoms with van der Waals surface area (Å²) in [7, 11) is 2.65. The second-order valence-corrected chi connectivity index (χ2v) is 5.72. The zero-order valence-corrected chi connectivity index (χ0v) is 14.2. The Morgan fingerprint density at radius 2 is 2.19 bits per heavy atom. The molecule has 1 amide bonds. The van der Waals surface area contributed by atoms with Gasteiger partial charge in [0.15, 0.2) is 12.0 Å². The molecule has 1 heterocycles. The van der Waals surface area contributed by atoms with Gasteiger partial charge in [0.1, 0.15) is 11.9 Å². The summed E-state index contributed by atoms with van der Waals surface area (Å²) in [6.45, 7) is 0. The number of allylic oxidation sites excluding steroid dienone is 3. The van der Waals surface area contributed by atoms with Crippen LogP contribution in [0, 0.1) is 17.1 Å². The van der Waals surface area contributed by atoms with Gasteiger partial charge in [-0.2, -0.15) is 5.26 Å². The predicted molar refractivity (Wildman–Crippen MR) is 87.8 cm³/mol. The molecule has 1 aliphatic carbocycles. The van der Waals surface area contributed by atoms with Gasteiger partial charge < -0.3 is 20.3 Å². The fourth-order valence-electron chi connectivity index (χ4n) is 2.61. The van der Waals surface area contributed by atoms with E-state index in [1.54, 1.807) is 12.1 Å². The van der Waals surface area contributed by atoms with Crippen LogP contribution in [0.3, 0.4) is 0 Å². The van der Waals surface area contributed by atoms with Crippen molar-refractivity contribution in [2.75, 3.05) is 7.05 Å². The van der Waals surface area contributed by atoms with Gasteiger partial charge in [-0.15, -0.1) is 0 Å². The van der Waals surface area contributed by atoms with Gasteiger partial charge in [-0.3, -0.25) is 9.59 Å². The van der Waals surface area contributed by atoms with Crippen LogP contribution in [0.1, 0.15) is 35.1 Å². The Bertz CT molecular complexity index is 836. The van der Waals surface area contributed by atoms with Crippen LogP contribution in [0.25, 0.3) is 0 Å². The first-order valence-electron chi connectivity index (χ1n) is 7.81. The lowest BCUT2D eigenvalue weighted by Crippen LogP contribution is -2.28. The van der Waals surface area contributed by atoms with Crippen molar-refractivity contribution >= 4 is 11.7 Å². The number of nitrogens with zero attached hydrogens (tertiary/aromatic N) is 2. The third kappa shape index (κ3) is 3.81. The first-order chi connectivity index (χ1) is 12.3. The minimum Gasteiger partial charge on any atom is -0.368 e. The summed E-state index contributed by atoms with van der Waals surface area (Å²) in [4.78, 5) is 23.3. The van der Waals surface area contributed by atoms with Crippen LogP contribution < -0.4 is 10.6 Å². The van der Waals surface area contributed by atoms with Gasteiger partial charge in [0.2, 0.25) is 0 Å². The van der Waals surface area contributed by atoms with Crippen molar-refractivity contribution in [3.8, 4) is 6.07 Å². The molecule has 1 aliphatic rings. The van der Waals surface area contributed by atoms with Crippen molar-refractivity contribution in [1.29, 1.82) is 5.26 Å². The van der Waals surface area contributed by atoms with Crippen LogP contribution >= 0.6 is 0 Å². The Morgan fingerprint density at radius 1 is 1.50 bits per heavy atom. The first-order valence-corrected chi connectivity index (χ1v) is 7.81. The number of aliphatic hydroxyl groups is 1. The number of hydrogen-bond donors (Lipinski definition) is 3. The van der Waals surface area contributed by atoms with Gasteiger partial charge in [0.25, 0.3) is 11.7 Å². The number of amides is 1. The second kappa shape index (κ2) is 7.93. The zero-order chi connectivity index (χ0) is 19.4. The maximum absolute atomic E-state index is 14.6. The predicted octanol–water partition coefficient (Wildman–Crippen LogP) is 1.14. The van der Waals surface area contributed by atoms with E-state index in [2.05, 4.69) is 10.6 Å². The molecule has 1 unspecified atom stereocenters. The fraction of sp³-hybridized carbons (Fsp3) is 0.353. The molecule has 0 saturated carbocycles. The van der Waals surface area contributed by atoms with Crippen molar-refractivity contribution in [2.24, 2.45) is 7.05 Å². The number of halogens is 2. The Labute approximate surface area is 148 Å². The van der Waals surface area contributed by atoms with Crippen LogP contribution in [0.5, 0.6) is 0 Å². The van der Waals surface area contributed by atoms with Crippen LogP contribution in [-0.2, 0) is 11.8 Å². The Hall–Kier alpha value is -2.99. The molecule has 2 atom stereocenters. The zero-order valence-electron chi connectivity index (χ0n) is 14.2. The standard InChI is InChI=1S/C17H18F2N4O3/c1-21-17(26)15(24)11-8-23(2)14(13(11)19)16(25)22-10-4-3-5-12(18)9(6-10)7-20/h4,6,8,12,16,22,25H,3,5H2,1-2H3,(H,21,26)/t12-,16?/m1/s1. The summed E-state index contributed by atoms with van der Waals surface area (Å²) in [5.41, 5.74) is -0.592. The lowest BCUT2D eigenvalue weighted by molar-refractivity contribution is -0.116. The van der Waals surface area contributed by atoms with Crippen molar-refractivity contribution in [3.63, 3.8) is 0 Å². The van der Waals surface area contributed by atoms with E-state index in [1.165, 1.54) is 24.7 Å². The van der Waals surface area contributed by atoms with Crippen LogP contribution in [0.4, 0.5) is 8.78 Å². The van der Waals surface area contributed by atoms with Crippen LogP contribution in [0.15, 0.2) is 29.6 Å². The normalized spacial score (nSPS) is 18.1. The number of aliphatic hydroxyl groups excluding tert-OH is 1. The summed E-state index contributed by atoms with van der Waals surface area (Å²) >= 11 is 0. The minimum atomic E-state index is -1.58. The van der Waals surface area contributed by atoms with Crippen LogP contribution in [-0.4, -0.2) is 34.6 Å². The molecule has 0 bridgehead atoms. The molecule has 2 rings (SSSR count). The molecular formula is C17H18F2N4O3. The average molecular weight is 364 g/mol. The minimum absolute atomic E-state index is 0.101. The molecule has 1 aromatic heterocycles. The number of ketones is 1. The quantitative estimate of drug-likeness (QED) is 0.413. The number of likely N-dealkylation sites (N-methyl/N-ethyl adjacent to an activating group) is 1. The molecule has 1 aromatic rings. The Kier molecular flexibility index (Phi) is 5.90. The van der Waals surface area contributed by atoms with Crippen molar-refractivity contribution < 1.29 is 23.5 Å². The van der Waals surface area contributed by atoms with E-state index in [4.69, 9.17) is 5.26 Å². The molecule has 0 radical (unpaired) electrons. The largest absolute Gasteiger partial charge is 0.368 e. The number of rotatable bonds is 5. The van der Waals surface area contributed by atoms with E-state index < -0.39 is 35.5 Å². The van der Waals surface area contributed by atoms with E-state index >= 15 is 0 Å². The molecule has 138 valence electrons. The second-order valence-electron chi connectivity index (χ2n) is 5.72. The molecule has 0 aliphatic heterocycles. The van der Waals surface area contributed by atoms with Gasteiger partial charge >= 0.3 is 0 Å². The smallest absolute Gasteiger partial charge is 0.292 e. The number of aromatic nitrogens is 1. The molecule has 9 heteroatoms. The van der Waals surface area contributed by atoms with E-state index in [9.17, 15) is 23.5 Å². The molecule has 0 aromatic carbocycles. The summed E-state index contributed by atoms with van der Waals surface area (Å²) in [5.74, 6) is -3.09. The molecular weight excluding hydrogens is 346 g/mol. The number of hydrogen-bond acceptors (Lipinski definition) is 5. The Morgan fingerprint density at radius 3 is 2.81 bits per heavy atom. The van der Waals surface area contributed by atoms with Crippen molar-refractivity contribution in [1.82, 2.24) is 15.2 Å². The third-order valence-electron chi connectivity index (χ3n) is 3.97. The van der Waals surface area contributed by atoms with Crippen molar-refractivity contribution in [3.05, 3.63) is 46.7 Å². The monoisotopic (exact) mass is 364 g/mol. The topological polar surface area (TPSA) is 107 Å². The van der Waals surface area contributed by atoms with Gasteiger partial charge in [0.05, 0.1) is 17.2 Å². The summed E-state index contributed by atoms with van der Waals surface area (Å²) in [6.07, 6.45) is 1.40. The van der Waals surface area contributed by atoms with Gasteiger partial charge in [-0.1, -0.05) is 6.08 Å². The SMILES string of the molecule is CNC(=O)C(=O)c1cn(C)c(C(O)NC2=CCC[C@@H](F)C(C#N)=C2)c1F. The first kappa shape index (κ1) is 19.3. The van der Waals surface area contributed by atoms with E-state index in [0.29, 0.717) is 6.42 Å². The van der Waals surface area contributed by atoms with Gasteiger partial charge in [-0.25, -0.2) is 8.78 Å². The van der Waals surface area contributed by atoms with Crippen molar-refractivity contribution in [2.45, 2.75) is 25.2 Å². The van der Waals surface area contributed by atoms with Gasteiger partial charge in [0, 0.05) is 26.0 Å². The highest BCUT2D eigenvalue weighted by Crippen LogP contribution is 2.24. The number of nitrogens with one attached hydrogen (secondary N) is 2. The highest BCUT2D eigenvalue weighted by molar-refractivity contribution is 6.42. The third-order valence-corrected chi connectivity index (χ3v) is 3.97. The summed E-state index contributed by atoms with van der Waals surface area (Å²) < 4.78 is 29.5. The number of aryl methyl sites for hydroxylation is 1. The molecule has 7 nitrogen and oxygen atoms in total. The maximum atomic E-state index is 14.6. The highest BCUT2D eigenvalue weighted by atomic mass is 19.1. The van der Waals surface area contributed by atoms with E-state index in [1.807, 2.05) is 0 Å². The number of carbonyl (C=O) groups is 2. The maximum Gasteiger partial charge on any atom is 0.292 e.